The minimum atomic E-state index is -0.351. The van der Waals surface area contributed by atoms with E-state index in [1.54, 1.807) is 36.4 Å². The number of rotatable bonds is 8. The van der Waals surface area contributed by atoms with Crippen molar-refractivity contribution in [1.82, 2.24) is 0 Å². The van der Waals surface area contributed by atoms with Gasteiger partial charge in [-0.05, 0) is 126 Å². The Balaban J connectivity index is 0.000000332. The highest BCUT2D eigenvalue weighted by Gasteiger charge is 2.15. The van der Waals surface area contributed by atoms with Crippen molar-refractivity contribution in [2.45, 2.75) is 165 Å². The fourth-order valence-corrected chi connectivity index (χ4v) is 7.50. The summed E-state index contributed by atoms with van der Waals surface area (Å²) in [6, 6.07) is 14.9. The van der Waals surface area contributed by atoms with Crippen LogP contribution < -0.4 is 0 Å². The van der Waals surface area contributed by atoms with Gasteiger partial charge in [-0.15, -0.1) is 0 Å². The predicted molar refractivity (Wildman–Crippen MR) is 228 cm³/mol. The lowest BCUT2D eigenvalue weighted by atomic mass is 9.84. The highest BCUT2D eigenvalue weighted by molar-refractivity contribution is 6.31. The molecule has 3 aromatic rings. The van der Waals surface area contributed by atoms with Gasteiger partial charge in [-0.25, -0.2) is 13.2 Å². The van der Waals surface area contributed by atoms with Crippen molar-refractivity contribution in [1.29, 1.82) is 0 Å². The van der Waals surface area contributed by atoms with E-state index in [9.17, 15) is 13.2 Å². The molecule has 5 rings (SSSR count). The molecule has 2 saturated carbocycles. The van der Waals surface area contributed by atoms with Crippen molar-refractivity contribution in [2.24, 2.45) is 29.6 Å². The van der Waals surface area contributed by atoms with Crippen LogP contribution in [0, 0.1) is 54.0 Å². The number of aryl methyl sites for hydroxylation is 1. The average molecular weight is 778 g/mol. The zero-order chi connectivity index (χ0) is 40.1. The predicted octanol–water partition coefficient (Wildman–Crippen LogP) is 17.4. The quantitative estimate of drug-likeness (QED) is 0.214. The highest BCUT2D eigenvalue weighted by Crippen LogP contribution is 2.30. The largest absolute Gasteiger partial charge is 0.207 e. The Labute approximate surface area is 334 Å². The number of benzene rings is 3. The molecule has 0 saturated heterocycles. The van der Waals surface area contributed by atoms with E-state index in [1.807, 2.05) is 26.8 Å². The van der Waals surface area contributed by atoms with Crippen LogP contribution in [0.1, 0.15) is 174 Å². The van der Waals surface area contributed by atoms with Gasteiger partial charge in [-0.1, -0.05) is 168 Å². The van der Waals surface area contributed by atoms with Gasteiger partial charge in [0.15, 0.2) is 0 Å². The van der Waals surface area contributed by atoms with Crippen LogP contribution in [-0.2, 0) is 6.42 Å². The van der Waals surface area contributed by atoms with E-state index in [1.165, 1.54) is 82.8 Å². The summed E-state index contributed by atoms with van der Waals surface area (Å²) in [6.07, 6.45) is 17.4. The monoisotopic (exact) mass is 777 g/mol. The van der Waals surface area contributed by atoms with Crippen LogP contribution in [0.15, 0.2) is 54.6 Å². The van der Waals surface area contributed by atoms with E-state index in [-0.39, 0.29) is 27.5 Å². The Morgan fingerprint density at radius 1 is 0.528 bits per heavy atom. The highest BCUT2D eigenvalue weighted by atomic mass is 35.5. The van der Waals surface area contributed by atoms with Crippen LogP contribution in [0.4, 0.5) is 13.2 Å². The Bertz CT molecular complexity index is 1380. The first kappa shape index (κ1) is 49.0. The maximum absolute atomic E-state index is 12.8. The van der Waals surface area contributed by atoms with Gasteiger partial charge in [-0.2, -0.15) is 0 Å². The van der Waals surface area contributed by atoms with Gasteiger partial charge in [0.05, 0.1) is 10.0 Å². The second kappa shape index (κ2) is 26.8. The zero-order valence-electron chi connectivity index (χ0n) is 35.1. The molecule has 3 aromatic carbocycles. The molecule has 0 unspecified atom stereocenters. The molecule has 0 radical (unpaired) electrons. The molecule has 0 heterocycles. The van der Waals surface area contributed by atoms with Crippen molar-refractivity contribution in [3.8, 4) is 0 Å². The standard InChI is InChI=1S/C10H12ClF.C10H13F.C10H20.C9H10ClF.C9H18/c1-7(2)5-8-3-4-10(12)9(11)6-8;1-7(2)9-4-8(3)5-10(11)6-9;1-9(2)8-10-6-4-3-5-7-10;1-6(2)7-3-4-9(11)8(10)5-7;1-8(2)7-9-5-3-4-6-9/h3-4,6-7H,5H2,1-2H3;4-7H,1-3H3;9-10H,3-8H2,1-2H3;3-6H,1-2H3;8-9H,3-7H2,1-2H3. The SMILES string of the molecule is CC(C)CC1CCCC1.CC(C)CC1CCCCC1.CC(C)Cc1ccc(F)c(Cl)c1.CC(C)c1ccc(F)c(Cl)c1.Cc1cc(F)cc(C(C)C)c1. The fourth-order valence-electron chi connectivity index (χ4n) is 7.11. The maximum atomic E-state index is 12.8. The lowest BCUT2D eigenvalue weighted by Gasteiger charge is -2.22. The molecular weight excluding hydrogens is 704 g/mol. The molecule has 2 aliphatic carbocycles. The number of hydrogen-bond acceptors (Lipinski definition) is 0. The van der Waals surface area contributed by atoms with Gasteiger partial charge in [0, 0.05) is 0 Å². The van der Waals surface area contributed by atoms with E-state index in [0.717, 1.165) is 52.3 Å². The molecule has 5 heteroatoms. The molecule has 0 atom stereocenters. The summed E-state index contributed by atoms with van der Waals surface area (Å²) in [7, 11) is 0. The molecule has 53 heavy (non-hydrogen) atoms. The third-order valence-electron chi connectivity index (χ3n) is 9.78. The Hall–Kier alpha value is -1.97. The molecule has 300 valence electrons. The third-order valence-corrected chi connectivity index (χ3v) is 10.4. The van der Waals surface area contributed by atoms with Gasteiger partial charge in [0.1, 0.15) is 17.5 Å². The first-order chi connectivity index (χ1) is 24.9. The van der Waals surface area contributed by atoms with Crippen LogP contribution in [0.25, 0.3) is 0 Å². The van der Waals surface area contributed by atoms with Gasteiger partial charge in [0.2, 0.25) is 0 Å². The summed E-state index contributed by atoms with van der Waals surface area (Å²) in [4.78, 5) is 0. The molecule has 2 aliphatic rings. The molecule has 0 spiro atoms. The second-order valence-corrected chi connectivity index (χ2v) is 18.1. The van der Waals surface area contributed by atoms with Crippen LogP contribution in [0.5, 0.6) is 0 Å². The second-order valence-electron chi connectivity index (χ2n) is 17.3. The van der Waals surface area contributed by atoms with E-state index < -0.39 is 0 Å². The van der Waals surface area contributed by atoms with Gasteiger partial charge >= 0.3 is 0 Å². The lowest BCUT2D eigenvalue weighted by molar-refractivity contribution is 0.305. The van der Waals surface area contributed by atoms with Crippen molar-refractivity contribution >= 4 is 23.2 Å². The van der Waals surface area contributed by atoms with Crippen LogP contribution in [0.2, 0.25) is 10.0 Å². The topological polar surface area (TPSA) is 0 Å². The first-order valence-electron chi connectivity index (χ1n) is 20.5. The van der Waals surface area contributed by atoms with E-state index in [2.05, 4.69) is 55.4 Å². The van der Waals surface area contributed by atoms with E-state index >= 15 is 0 Å². The summed E-state index contributed by atoms with van der Waals surface area (Å²) in [5, 5.41) is 0.421. The first-order valence-corrected chi connectivity index (χ1v) is 21.3. The minimum absolute atomic E-state index is 0.131. The van der Waals surface area contributed by atoms with E-state index in [4.69, 9.17) is 23.2 Å². The molecule has 0 N–H and O–H groups in total. The summed E-state index contributed by atoms with van der Waals surface area (Å²) >= 11 is 11.2. The molecule has 0 nitrogen and oxygen atoms in total. The number of hydrogen-bond donors (Lipinski definition) is 0. The Morgan fingerprint density at radius 2 is 0.981 bits per heavy atom. The van der Waals surface area contributed by atoms with Crippen LogP contribution >= 0.6 is 23.2 Å². The average Bonchev–Trinajstić information content (AvgIpc) is 3.57. The molecular formula is C48H73Cl2F3. The molecule has 0 aliphatic heterocycles. The minimum Gasteiger partial charge on any atom is -0.207 e. The van der Waals surface area contributed by atoms with Crippen molar-refractivity contribution in [3.63, 3.8) is 0 Å². The summed E-state index contributed by atoms with van der Waals surface area (Å²) < 4.78 is 38.1. The summed E-state index contributed by atoms with van der Waals surface area (Å²) in [5.41, 5.74) is 4.23. The van der Waals surface area contributed by atoms with Gasteiger partial charge < -0.3 is 0 Å². The smallest absolute Gasteiger partial charge is 0.141 e. The van der Waals surface area contributed by atoms with Gasteiger partial charge in [0.25, 0.3) is 0 Å². The molecule has 0 amide bonds. The lowest BCUT2D eigenvalue weighted by Crippen LogP contribution is -2.08. The summed E-state index contributed by atoms with van der Waals surface area (Å²) in [6.45, 7) is 23.7. The summed E-state index contributed by atoms with van der Waals surface area (Å²) in [5.74, 6) is 4.56. The third kappa shape index (κ3) is 22.9. The van der Waals surface area contributed by atoms with Crippen molar-refractivity contribution in [3.05, 3.63) is 104 Å². The van der Waals surface area contributed by atoms with Gasteiger partial charge in [-0.3, -0.25) is 0 Å². The Morgan fingerprint density at radius 3 is 1.38 bits per heavy atom. The maximum Gasteiger partial charge on any atom is 0.141 e. The van der Waals surface area contributed by atoms with Crippen LogP contribution in [-0.4, -0.2) is 0 Å². The zero-order valence-corrected chi connectivity index (χ0v) is 36.6. The number of halogens is 5. The molecule has 2 fully saturated rings. The van der Waals surface area contributed by atoms with Crippen molar-refractivity contribution < 1.29 is 13.2 Å². The normalized spacial score (nSPS) is 14.7. The molecule has 0 bridgehead atoms. The van der Waals surface area contributed by atoms with E-state index in [0.29, 0.717) is 17.8 Å². The van der Waals surface area contributed by atoms with Crippen molar-refractivity contribution in [2.75, 3.05) is 0 Å². The Kier molecular flexibility index (Phi) is 24.8. The fraction of sp³-hybridized carbons (Fsp3) is 0.625. The molecule has 0 aromatic heterocycles. The van der Waals surface area contributed by atoms with Crippen LogP contribution in [0.3, 0.4) is 0 Å².